The zero-order valence-corrected chi connectivity index (χ0v) is 15.9. The molecule has 1 fully saturated rings. The van der Waals surface area contributed by atoms with Crippen molar-refractivity contribution in [2.75, 3.05) is 25.0 Å². The van der Waals surface area contributed by atoms with Crippen LogP contribution in [-0.4, -0.2) is 54.3 Å². The lowest BCUT2D eigenvalue weighted by atomic mass is 10.2. The molecule has 0 radical (unpaired) electrons. The Morgan fingerprint density at radius 2 is 1.93 bits per heavy atom. The lowest BCUT2D eigenvalue weighted by molar-refractivity contribution is -0.119. The molecule has 1 aliphatic heterocycles. The lowest BCUT2D eigenvalue weighted by Gasteiger charge is -2.26. The van der Waals surface area contributed by atoms with Crippen LogP contribution in [0.1, 0.15) is 29.8 Å². The van der Waals surface area contributed by atoms with Gasteiger partial charge in [-0.15, -0.1) is 0 Å². The summed E-state index contributed by atoms with van der Waals surface area (Å²) in [4.78, 5) is 31.4. The smallest absolute Gasteiger partial charge is 0.359 e. The van der Waals surface area contributed by atoms with Gasteiger partial charge < -0.3 is 10.1 Å². The monoisotopic (exact) mass is 404 g/mol. The number of amides is 1. The highest BCUT2D eigenvalue weighted by Crippen LogP contribution is 2.22. The van der Waals surface area contributed by atoms with Crippen LogP contribution >= 0.6 is 0 Å². The Hall–Kier alpha value is -2.85. The third-order valence-corrected chi connectivity index (χ3v) is 6.07. The predicted molar refractivity (Wildman–Crippen MR) is 100.0 cm³/mol. The number of sulfonamides is 1. The molecule has 2 aromatic rings. The van der Waals surface area contributed by atoms with Crippen LogP contribution in [0.15, 0.2) is 47.8 Å². The Labute approximate surface area is 162 Å². The van der Waals surface area contributed by atoms with Gasteiger partial charge in [-0.1, -0.05) is 12.5 Å². The first-order chi connectivity index (χ1) is 13.5. The van der Waals surface area contributed by atoms with Crippen molar-refractivity contribution in [3.63, 3.8) is 0 Å². The first-order valence-corrected chi connectivity index (χ1v) is 10.2. The van der Waals surface area contributed by atoms with Gasteiger partial charge in [0.1, 0.15) is 0 Å². The maximum absolute atomic E-state index is 12.7. The Kier molecular flexibility index (Phi) is 6.32. The molecule has 1 amide bonds. The molecule has 0 aliphatic carbocycles. The van der Waals surface area contributed by atoms with E-state index in [0.717, 1.165) is 19.3 Å². The van der Waals surface area contributed by atoms with Gasteiger partial charge in [0.15, 0.2) is 12.3 Å². The van der Waals surface area contributed by atoms with E-state index in [1.807, 2.05) is 0 Å². The van der Waals surface area contributed by atoms with E-state index in [1.165, 1.54) is 35.0 Å². The number of rotatable bonds is 6. The number of ether oxygens (including phenoxy) is 1. The van der Waals surface area contributed by atoms with Gasteiger partial charge in [-0.2, -0.15) is 4.31 Å². The first-order valence-electron chi connectivity index (χ1n) is 8.80. The maximum atomic E-state index is 12.7. The van der Waals surface area contributed by atoms with Crippen molar-refractivity contribution in [3.8, 4) is 0 Å². The fourth-order valence-corrected chi connectivity index (χ4v) is 4.36. The first kappa shape index (κ1) is 19.9. The van der Waals surface area contributed by atoms with Crippen LogP contribution < -0.4 is 5.32 Å². The minimum atomic E-state index is -3.60. The van der Waals surface area contributed by atoms with E-state index in [2.05, 4.69) is 15.3 Å². The van der Waals surface area contributed by atoms with Crippen LogP contribution in [0, 0.1) is 0 Å². The number of benzene rings is 1. The van der Waals surface area contributed by atoms with E-state index >= 15 is 0 Å². The van der Waals surface area contributed by atoms with E-state index in [9.17, 15) is 18.0 Å². The van der Waals surface area contributed by atoms with Crippen LogP contribution in [0.2, 0.25) is 0 Å². The Bertz CT molecular complexity index is 943. The molecule has 1 aromatic heterocycles. The number of anilines is 1. The molecule has 0 bridgehead atoms. The molecule has 0 spiro atoms. The lowest BCUT2D eigenvalue weighted by Crippen LogP contribution is -2.35. The summed E-state index contributed by atoms with van der Waals surface area (Å²) in [6, 6.07) is 6.01. The number of hydrogen-bond donors (Lipinski definition) is 1. The normalized spacial score (nSPS) is 15.0. The topological polar surface area (TPSA) is 119 Å². The van der Waals surface area contributed by atoms with Crippen LogP contribution in [0.4, 0.5) is 5.69 Å². The summed E-state index contributed by atoms with van der Waals surface area (Å²) in [7, 11) is -3.60. The molecule has 1 N–H and O–H groups in total. The predicted octanol–water partition coefficient (Wildman–Crippen LogP) is 1.45. The molecule has 1 aromatic carbocycles. The average Bonchev–Trinajstić information content (AvgIpc) is 2.73. The van der Waals surface area contributed by atoms with E-state index in [0.29, 0.717) is 18.8 Å². The highest BCUT2D eigenvalue weighted by molar-refractivity contribution is 7.89. The summed E-state index contributed by atoms with van der Waals surface area (Å²) in [5.41, 5.74) is 0.295. The second kappa shape index (κ2) is 8.89. The number of carbonyl (C=O) groups is 2. The Morgan fingerprint density at radius 3 is 2.64 bits per heavy atom. The van der Waals surface area contributed by atoms with E-state index < -0.39 is 28.5 Å². The van der Waals surface area contributed by atoms with Crippen molar-refractivity contribution < 1.29 is 22.7 Å². The van der Waals surface area contributed by atoms with Crippen molar-refractivity contribution >= 4 is 27.6 Å². The van der Waals surface area contributed by atoms with Gasteiger partial charge in [-0.05, 0) is 31.0 Å². The summed E-state index contributed by atoms with van der Waals surface area (Å²) in [5.74, 6) is -1.37. The standard InChI is InChI=1S/C18H20N4O5S/c23-17(13-27-18(24)16-12-19-7-8-20-16)21-14-5-4-6-15(11-14)28(25,26)22-9-2-1-3-10-22/h4-8,11-12H,1-3,9-10,13H2,(H,21,23). The molecule has 28 heavy (non-hydrogen) atoms. The number of esters is 1. The van der Waals surface area contributed by atoms with Crippen LogP contribution in [0.3, 0.4) is 0 Å². The minimum Gasteiger partial charge on any atom is -0.451 e. The SMILES string of the molecule is O=C(COC(=O)c1cnccn1)Nc1cccc(S(=O)(=O)N2CCCCC2)c1. The fourth-order valence-electron chi connectivity index (χ4n) is 2.80. The fraction of sp³-hybridized carbons (Fsp3) is 0.333. The zero-order valence-electron chi connectivity index (χ0n) is 15.1. The molecule has 10 heteroatoms. The van der Waals surface area contributed by atoms with Gasteiger partial charge in [0.25, 0.3) is 5.91 Å². The zero-order chi connectivity index (χ0) is 20.0. The number of carbonyl (C=O) groups excluding carboxylic acids is 2. The highest BCUT2D eigenvalue weighted by Gasteiger charge is 2.26. The van der Waals surface area contributed by atoms with Crippen molar-refractivity contribution in [1.82, 2.24) is 14.3 Å². The molecule has 1 saturated heterocycles. The number of piperidine rings is 1. The summed E-state index contributed by atoms with van der Waals surface area (Å²) >= 11 is 0. The van der Waals surface area contributed by atoms with Gasteiger partial charge in [0.05, 0.1) is 11.1 Å². The second-order valence-corrected chi connectivity index (χ2v) is 8.15. The molecular formula is C18H20N4O5S. The van der Waals surface area contributed by atoms with E-state index in [4.69, 9.17) is 4.74 Å². The molecule has 3 rings (SSSR count). The van der Waals surface area contributed by atoms with Gasteiger partial charge in [0.2, 0.25) is 10.0 Å². The van der Waals surface area contributed by atoms with Crippen LogP contribution in [-0.2, 0) is 19.6 Å². The summed E-state index contributed by atoms with van der Waals surface area (Å²) in [5, 5.41) is 2.53. The summed E-state index contributed by atoms with van der Waals surface area (Å²) in [6.07, 6.45) is 6.68. The molecule has 148 valence electrons. The van der Waals surface area contributed by atoms with Crippen LogP contribution in [0.25, 0.3) is 0 Å². The quantitative estimate of drug-likeness (QED) is 0.724. The van der Waals surface area contributed by atoms with Crippen molar-refractivity contribution in [3.05, 3.63) is 48.5 Å². The van der Waals surface area contributed by atoms with Crippen molar-refractivity contribution in [2.24, 2.45) is 0 Å². The molecule has 0 atom stereocenters. The molecule has 9 nitrogen and oxygen atoms in total. The maximum Gasteiger partial charge on any atom is 0.359 e. The number of nitrogens with zero attached hydrogens (tertiary/aromatic N) is 3. The van der Waals surface area contributed by atoms with Gasteiger partial charge in [-0.3, -0.25) is 9.78 Å². The third kappa shape index (κ3) is 4.90. The molecule has 0 unspecified atom stereocenters. The molecule has 1 aliphatic rings. The average molecular weight is 404 g/mol. The largest absolute Gasteiger partial charge is 0.451 e. The van der Waals surface area contributed by atoms with E-state index in [-0.39, 0.29) is 10.6 Å². The number of nitrogens with one attached hydrogen (secondary N) is 1. The van der Waals surface area contributed by atoms with Gasteiger partial charge in [0, 0.05) is 31.2 Å². The van der Waals surface area contributed by atoms with Gasteiger partial charge >= 0.3 is 5.97 Å². The third-order valence-electron chi connectivity index (χ3n) is 4.18. The van der Waals surface area contributed by atoms with Crippen molar-refractivity contribution in [1.29, 1.82) is 0 Å². The van der Waals surface area contributed by atoms with Gasteiger partial charge in [-0.25, -0.2) is 18.2 Å². The molecule has 2 heterocycles. The van der Waals surface area contributed by atoms with Crippen molar-refractivity contribution in [2.45, 2.75) is 24.2 Å². The summed E-state index contributed by atoms with van der Waals surface area (Å²) < 4.78 is 31.8. The Morgan fingerprint density at radius 1 is 1.14 bits per heavy atom. The number of hydrogen-bond acceptors (Lipinski definition) is 7. The molecular weight excluding hydrogens is 384 g/mol. The number of aromatic nitrogens is 2. The highest BCUT2D eigenvalue weighted by atomic mass is 32.2. The van der Waals surface area contributed by atoms with E-state index in [1.54, 1.807) is 12.1 Å². The summed E-state index contributed by atoms with van der Waals surface area (Å²) in [6.45, 7) is 0.465. The minimum absolute atomic E-state index is 0.00933. The molecule has 0 saturated carbocycles. The Balaban J connectivity index is 1.61. The van der Waals surface area contributed by atoms with Crippen LogP contribution in [0.5, 0.6) is 0 Å². The second-order valence-electron chi connectivity index (χ2n) is 6.21.